The number of nitrogens with zero attached hydrogens (tertiary/aromatic N) is 4. The van der Waals surface area contributed by atoms with Gasteiger partial charge in [0.05, 0.1) is 5.71 Å². The molecule has 0 saturated heterocycles. The molecular formula is C17H17ClN6S. The molecule has 0 radical (unpaired) electrons. The van der Waals surface area contributed by atoms with Gasteiger partial charge < -0.3 is 5.84 Å². The molecule has 25 heavy (non-hydrogen) atoms. The first-order valence-corrected chi connectivity index (χ1v) is 8.94. The minimum atomic E-state index is 0.372. The molecule has 0 atom stereocenters. The van der Waals surface area contributed by atoms with Crippen molar-refractivity contribution in [3.63, 3.8) is 0 Å². The Labute approximate surface area is 155 Å². The maximum absolute atomic E-state index is 6.16. The maximum Gasteiger partial charge on any atom is 0.264 e. The fourth-order valence-corrected chi connectivity index (χ4v) is 3.23. The van der Waals surface area contributed by atoms with E-state index in [4.69, 9.17) is 17.4 Å². The summed E-state index contributed by atoms with van der Waals surface area (Å²) in [6, 6.07) is 17.5. The number of nitrogens with one attached hydrogen (secondary N) is 1. The van der Waals surface area contributed by atoms with Crippen molar-refractivity contribution in [2.45, 2.75) is 17.8 Å². The van der Waals surface area contributed by atoms with E-state index in [0.717, 1.165) is 21.9 Å². The highest BCUT2D eigenvalue weighted by molar-refractivity contribution is 7.98. The first kappa shape index (κ1) is 17.3. The molecular weight excluding hydrogens is 356 g/mol. The van der Waals surface area contributed by atoms with Gasteiger partial charge in [-0.15, -0.1) is 10.2 Å². The van der Waals surface area contributed by atoms with Crippen LogP contribution in [0.1, 0.15) is 18.1 Å². The van der Waals surface area contributed by atoms with Crippen molar-refractivity contribution in [3.05, 3.63) is 70.7 Å². The van der Waals surface area contributed by atoms with Gasteiger partial charge in [-0.2, -0.15) is 5.10 Å². The van der Waals surface area contributed by atoms with Crippen LogP contribution in [0.3, 0.4) is 0 Å². The highest BCUT2D eigenvalue weighted by atomic mass is 35.5. The van der Waals surface area contributed by atoms with Crippen molar-refractivity contribution in [2.24, 2.45) is 5.10 Å². The van der Waals surface area contributed by atoms with E-state index in [9.17, 15) is 0 Å². The summed E-state index contributed by atoms with van der Waals surface area (Å²) in [6.07, 6.45) is 0. The second kappa shape index (κ2) is 8.04. The number of anilines is 1. The second-order valence-corrected chi connectivity index (χ2v) is 6.58. The van der Waals surface area contributed by atoms with Gasteiger partial charge in [0, 0.05) is 10.8 Å². The Morgan fingerprint density at radius 2 is 1.88 bits per heavy atom. The van der Waals surface area contributed by atoms with Gasteiger partial charge in [0.2, 0.25) is 5.16 Å². The number of hydrazone groups is 1. The maximum atomic E-state index is 6.16. The van der Waals surface area contributed by atoms with E-state index in [-0.39, 0.29) is 0 Å². The average molecular weight is 373 g/mol. The van der Waals surface area contributed by atoms with Crippen LogP contribution in [0.15, 0.2) is 64.9 Å². The lowest BCUT2D eigenvalue weighted by atomic mass is 10.1. The van der Waals surface area contributed by atoms with E-state index < -0.39 is 0 Å². The van der Waals surface area contributed by atoms with Crippen molar-refractivity contribution in [1.29, 1.82) is 0 Å². The molecule has 1 heterocycles. The van der Waals surface area contributed by atoms with Gasteiger partial charge in [-0.25, -0.2) is 10.1 Å². The molecule has 1 aromatic heterocycles. The third-order valence-corrected chi connectivity index (χ3v) is 4.85. The Bertz CT molecular complexity index is 878. The summed E-state index contributed by atoms with van der Waals surface area (Å²) in [7, 11) is 0. The molecule has 0 bridgehead atoms. The molecule has 0 fully saturated rings. The number of halogens is 1. The quantitative estimate of drug-likeness (QED) is 0.298. The molecule has 3 N–H and O–H groups in total. The fourth-order valence-electron chi connectivity index (χ4n) is 2.09. The zero-order chi connectivity index (χ0) is 17.6. The molecule has 8 heteroatoms. The summed E-state index contributed by atoms with van der Waals surface area (Å²) in [5.41, 5.74) is 5.72. The Hall–Kier alpha value is -2.51. The molecule has 6 nitrogen and oxygen atoms in total. The van der Waals surface area contributed by atoms with Crippen LogP contribution in [0.2, 0.25) is 5.02 Å². The van der Waals surface area contributed by atoms with E-state index in [0.29, 0.717) is 16.9 Å². The molecule has 3 rings (SSSR count). The van der Waals surface area contributed by atoms with Crippen LogP contribution in [0.25, 0.3) is 0 Å². The summed E-state index contributed by atoms with van der Waals surface area (Å²) < 4.78 is 1.38. The van der Waals surface area contributed by atoms with Gasteiger partial charge in [-0.3, -0.25) is 0 Å². The van der Waals surface area contributed by atoms with Gasteiger partial charge in [0.1, 0.15) is 0 Å². The highest BCUT2D eigenvalue weighted by Gasteiger charge is 2.11. The number of rotatable bonds is 6. The molecule has 0 amide bonds. The van der Waals surface area contributed by atoms with Gasteiger partial charge >= 0.3 is 0 Å². The third kappa shape index (κ3) is 4.32. The molecule has 3 aromatic rings. The second-order valence-electron chi connectivity index (χ2n) is 5.23. The normalized spacial score (nSPS) is 11.5. The van der Waals surface area contributed by atoms with Crippen LogP contribution in [-0.2, 0) is 5.75 Å². The van der Waals surface area contributed by atoms with Gasteiger partial charge in [0.25, 0.3) is 5.95 Å². The topological polar surface area (TPSA) is 81.1 Å². The number of aromatic nitrogens is 3. The Balaban J connectivity index is 1.66. The summed E-state index contributed by atoms with van der Waals surface area (Å²) in [5, 5.41) is 13.7. The SMILES string of the molecule is C/C(=N\Nc1nnc(SCc2ccccc2Cl)n1N)c1ccccc1. The van der Waals surface area contributed by atoms with E-state index in [1.54, 1.807) is 0 Å². The Morgan fingerprint density at radius 3 is 2.64 bits per heavy atom. The Morgan fingerprint density at radius 1 is 1.16 bits per heavy atom. The number of thioether (sulfide) groups is 1. The van der Waals surface area contributed by atoms with Crippen LogP contribution in [-0.4, -0.2) is 20.6 Å². The number of nitrogens with two attached hydrogens (primary N) is 1. The number of hydrogen-bond donors (Lipinski definition) is 2. The lowest BCUT2D eigenvalue weighted by molar-refractivity contribution is 0.846. The molecule has 0 unspecified atom stereocenters. The molecule has 0 saturated carbocycles. The highest BCUT2D eigenvalue weighted by Crippen LogP contribution is 2.25. The van der Waals surface area contributed by atoms with Crippen LogP contribution < -0.4 is 11.3 Å². The zero-order valence-electron chi connectivity index (χ0n) is 13.6. The van der Waals surface area contributed by atoms with Crippen LogP contribution >= 0.6 is 23.4 Å². The predicted octanol–water partition coefficient (Wildman–Crippen LogP) is 3.77. The Kier molecular flexibility index (Phi) is 5.57. The van der Waals surface area contributed by atoms with Crippen LogP contribution in [0.4, 0.5) is 5.95 Å². The van der Waals surface area contributed by atoms with Crippen molar-refractivity contribution < 1.29 is 0 Å². The fraction of sp³-hybridized carbons (Fsp3) is 0.118. The first-order chi connectivity index (χ1) is 12.1. The lowest BCUT2D eigenvalue weighted by Crippen LogP contribution is -2.13. The average Bonchev–Trinajstić information content (AvgIpc) is 2.99. The molecule has 0 aliphatic heterocycles. The van der Waals surface area contributed by atoms with Gasteiger partial charge in [0.15, 0.2) is 0 Å². The molecule has 0 aliphatic carbocycles. The monoisotopic (exact) mass is 372 g/mol. The first-order valence-electron chi connectivity index (χ1n) is 7.57. The van der Waals surface area contributed by atoms with Crippen molar-refractivity contribution in [1.82, 2.24) is 14.9 Å². The van der Waals surface area contributed by atoms with E-state index in [1.165, 1.54) is 16.4 Å². The molecule has 0 spiro atoms. The standard InChI is InChI=1S/C17H17ClN6S/c1-12(13-7-3-2-4-8-13)20-21-16-22-23-17(24(16)19)25-11-14-9-5-6-10-15(14)18/h2-10H,11,19H2,1H3,(H,21,22)/b20-12+. The number of nitrogen functional groups attached to an aromatic ring is 1. The minimum Gasteiger partial charge on any atom is -0.334 e. The summed E-state index contributed by atoms with van der Waals surface area (Å²) in [6.45, 7) is 1.91. The predicted molar refractivity (Wildman–Crippen MR) is 103 cm³/mol. The van der Waals surface area contributed by atoms with E-state index >= 15 is 0 Å². The number of hydrogen-bond acceptors (Lipinski definition) is 6. The van der Waals surface area contributed by atoms with E-state index in [1.807, 2.05) is 61.5 Å². The van der Waals surface area contributed by atoms with E-state index in [2.05, 4.69) is 20.7 Å². The minimum absolute atomic E-state index is 0.372. The summed E-state index contributed by atoms with van der Waals surface area (Å²) in [4.78, 5) is 0. The van der Waals surface area contributed by atoms with Gasteiger partial charge in [-0.05, 0) is 24.1 Å². The largest absolute Gasteiger partial charge is 0.334 e. The third-order valence-electron chi connectivity index (χ3n) is 3.49. The van der Waals surface area contributed by atoms with Gasteiger partial charge in [-0.1, -0.05) is 71.9 Å². The zero-order valence-corrected chi connectivity index (χ0v) is 15.1. The van der Waals surface area contributed by atoms with Crippen LogP contribution in [0.5, 0.6) is 0 Å². The smallest absolute Gasteiger partial charge is 0.264 e. The summed E-state index contributed by atoms with van der Waals surface area (Å²) >= 11 is 7.62. The number of benzene rings is 2. The van der Waals surface area contributed by atoms with Crippen molar-refractivity contribution in [2.75, 3.05) is 11.3 Å². The molecule has 128 valence electrons. The molecule has 0 aliphatic rings. The van der Waals surface area contributed by atoms with Crippen molar-refractivity contribution >= 4 is 35.0 Å². The summed E-state index contributed by atoms with van der Waals surface area (Å²) in [5.74, 6) is 7.06. The lowest BCUT2D eigenvalue weighted by Gasteiger charge is -2.05. The van der Waals surface area contributed by atoms with Crippen LogP contribution in [0, 0.1) is 0 Å². The molecule has 2 aromatic carbocycles. The van der Waals surface area contributed by atoms with Crippen molar-refractivity contribution in [3.8, 4) is 0 Å².